The first-order valence-electron chi connectivity index (χ1n) is 7.25. The predicted octanol–water partition coefficient (Wildman–Crippen LogP) is 4.50. The van der Waals surface area contributed by atoms with Crippen molar-refractivity contribution in [2.24, 2.45) is 0 Å². The second-order valence-corrected chi connectivity index (χ2v) is 5.31. The van der Waals surface area contributed by atoms with Crippen molar-refractivity contribution < 1.29 is 4.79 Å². The summed E-state index contributed by atoms with van der Waals surface area (Å²) in [6.07, 6.45) is 0. The number of halogens is 1. The van der Waals surface area contributed by atoms with E-state index < -0.39 is 0 Å². The summed E-state index contributed by atoms with van der Waals surface area (Å²) in [5.74, 6) is 0.0670. The molecule has 0 spiro atoms. The smallest absolute Gasteiger partial charge is 0.253 e. The van der Waals surface area contributed by atoms with E-state index in [-0.39, 0.29) is 11.3 Å². The molecule has 0 fully saturated rings. The molecule has 0 radical (unpaired) electrons. The monoisotopic (exact) mass is 301 g/mol. The van der Waals surface area contributed by atoms with Gasteiger partial charge in [-0.3, -0.25) is 4.79 Å². The molecule has 3 heteroatoms. The molecule has 21 heavy (non-hydrogen) atoms. The van der Waals surface area contributed by atoms with Gasteiger partial charge in [0.15, 0.2) is 0 Å². The van der Waals surface area contributed by atoms with Crippen LogP contribution in [0.15, 0.2) is 54.6 Å². The molecule has 2 aromatic rings. The zero-order valence-electron chi connectivity index (χ0n) is 12.4. The van der Waals surface area contributed by atoms with E-state index >= 15 is 0 Å². The highest BCUT2D eigenvalue weighted by atomic mass is 35.5. The molecular weight excluding hydrogens is 282 g/mol. The summed E-state index contributed by atoms with van der Waals surface area (Å²) in [5.41, 5.74) is 2.76. The Labute approximate surface area is 131 Å². The predicted molar refractivity (Wildman–Crippen MR) is 87.8 cm³/mol. The number of carbonyl (C=O) groups excluding carboxylic acids is 1. The van der Waals surface area contributed by atoms with Crippen LogP contribution in [0.1, 0.15) is 40.7 Å². The van der Waals surface area contributed by atoms with Crippen molar-refractivity contribution in [2.75, 3.05) is 13.1 Å². The molecule has 1 atom stereocenters. The zero-order valence-corrected chi connectivity index (χ0v) is 13.2. The van der Waals surface area contributed by atoms with Gasteiger partial charge in [-0.25, -0.2) is 0 Å². The normalized spacial score (nSPS) is 12.0. The van der Waals surface area contributed by atoms with Crippen molar-refractivity contribution in [3.63, 3.8) is 0 Å². The molecule has 1 amide bonds. The summed E-state index contributed by atoms with van der Waals surface area (Å²) in [7, 11) is 0. The van der Waals surface area contributed by atoms with Crippen molar-refractivity contribution in [3.8, 4) is 0 Å². The lowest BCUT2D eigenvalue weighted by Gasteiger charge is -2.19. The minimum Gasteiger partial charge on any atom is -0.339 e. The van der Waals surface area contributed by atoms with Crippen molar-refractivity contribution in [1.82, 2.24) is 4.90 Å². The van der Waals surface area contributed by atoms with Crippen LogP contribution in [0.3, 0.4) is 0 Å². The van der Waals surface area contributed by atoms with E-state index in [0.717, 1.165) is 24.2 Å². The van der Waals surface area contributed by atoms with Gasteiger partial charge in [-0.2, -0.15) is 0 Å². The molecule has 0 unspecified atom stereocenters. The highest BCUT2D eigenvalue weighted by Crippen LogP contribution is 2.28. The second-order valence-electron chi connectivity index (χ2n) is 4.87. The molecule has 0 aliphatic heterocycles. The summed E-state index contributed by atoms with van der Waals surface area (Å²) >= 11 is 6.49. The van der Waals surface area contributed by atoms with E-state index in [1.165, 1.54) is 0 Å². The SMILES string of the molecule is CCN(CC)C(=O)c1ccc([C@@H](Cl)c2ccccc2)cc1. The standard InChI is InChI=1S/C18H20ClNO/c1-3-20(4-2)18(21)16-12-10-15(11-13-16)17(19)14-8-6-5-7-9-14/h5-13,17H,3-4H2,1-2H3/t17-/m0/s1. The van der Waals surface area contributed by atoms with Gasteiger partial charge in [0, 0.05) is 18.7 Å². The molecule has 0 bridgehead atoms. The first kappa shape index (κ1) is 15.6. The van der Waals surface area contributed by atoms with Crippen LogP contribution >= 0.6 is 11.6 Å². The van der Waals surface area contributed by atoms with E-state index in [0.29, 0.717) is 5.56 Å². The van der Waals surface area contributed by atoms with Gasteiger partial charge in [0.2, 0.25) is 0 Å². The van der Waals surface area contributed by atoms with Crippen LogP contribution in [-0.2, 0) is 0 Å². The Balaban J connectivity index is 2.17. The summed E-state index contributed by atoms with van der Waals surface area (Å²) in [5, 5.41) is -0.191. The Morgan fingerprint density at radius 2 is 1.48 bits per heavy atom. The van der Waals surface area contributed by atoms with Crippen LogP contribution in [-0.4, -0.2) is 23.9 Å². The third-order valence-electron chi connectivity index (χ3n) is 3.59. The quantitative estimate of drug-likeness (QED) is 0.745. The molecule has 0 aliphatic rings. The van der Waals surface area contributed by atoms with Crippen molar-refractivity contribution in [1.29, 1.82) is 0 Å². The maximum Gasteiger partial charge on any atom is 0.253 e. The Bertz CT molecular complexity index is 576. The van der Waals surface area contributed by atoms with Gasteiger partial charge in [-0.1, -0.05) is 42.5 Å². The van der Waals surface area contributed by atoms with Crippen LogP contribution in [0.2, 0.25) is 0 Å². The number of alkyl halides is 1. The number of carbonyl (C=O) groups is 1. The Morgan fingerprint density at radius 3 is 2.00 bits per heavy atom. The van der Waals surface area contributed by atoms with Crippen LogP contribution in [0.4, 0.5) is 0 Å². The highest BCUT2D eigenvalue weighted by Gasteiger charge is 2.14. The molecule has 110 valence electrons. The highest BCUT2D eigenvalue weighted by molar-refractivity contribution is 6.22. The van der Waals surface area contributed by atoms with Crippen LogP contribution < -0.4 is 0 Å². The number of benzene rings is 2. The molecule has 0 saturated heterocycles. The molecule has 2 nitrogen and oxygen atoms in total. The number of nitrogens with zero attached hydrogens (tertiary/aromatic N) is 1. The molecule has 0 heterocycles. The lowest BCUT2D eigenvalue weighted by Crippen LogP contribution is -2.30. The van der Waals surface area contributed by atoms with Crippen LogP contribution in [0.5, 0.6) is 0 Å². The number of hydrogen-bond donors (Lipinski definition) is 0. The average molecular weight is 302 g/mol. The van der Waals surface area contributed by atoms with Crippen molar-refractivity contribution in [2.45, 2.75) is 19.2 Å². The molecule has 2 rings (SSSR count). The molecule has 0 aromatic heterocycles. The van der Waals surface area contributed by atoms with Gasteiger partial charge in [-0.05, 0) is 37.1 Å². The van der Waals surface area contributed by atoms with Crippen molar-refractivity contribution >= 4 is 17.5 Å². The summed E-state index contributed by atoms with van der Waals surface area (Å²) < 4.78 is 0. The molecule has 2 aromatic carbocycles. The Morgan fingerprint density at radius 1 is 0.952 bits per heavy atom. The molecule has 0 saturated carbocycles. The van der Waals surface area contributed by atoms with Crippen LogP contribution in [0, 0.1) is 0 Å². The van der Waals surface area contributed by atoms with E-state index in [4.69, 9.17) is 11.6 Å². The maximum atomic E-state index is 12.3. The van der Waals surface area contributed by atoms with E-state index in [9.17, 15) is 4.79 Å². The number of amides is 1. The topological polar surface area (TPSA) is 20.3 Å². The Hall–Kier alpha value is -1.80. The molecule has 0 N–H and O–H groups in total. The minimum atomic E-state index is -0.191. The zero-order chi connectivity index (χ0) is 15.2. The van der Waals surface area contributed by atoms with Crippen LogP contribution in [0.25, 0.3) is 0 Å². The third kappa shape index (κ3) is 3.64. The maximum absolute atomic E-state index is 12.3. The van der Waals surface area contributed by atoms with E-state index in [2.05, 4.69) is 0 Å². The summed E-state index contributed by atoms with van der Waals surface area (Å²) in [4.78, 5) is 14.1. The van der Waals surface area contributed by atoms with Gasteiger partial charge >= 0.3 is 0 Å². The second kappa shape index (κ2) is 7.28. The fourth-order valence-corrected chi connectivity index (χ4v) is 2.59. The van der Waals surface area contributed by atoms with Gasteiger partial charge in [0.05, 0.1) is 5.38 Å². The van der Waals surface area contributed by atoms with Gasteiger partial charge in [-0.15, -0.1) is 11.6 Å². The molecule has 0 aliphatic carbocycles. The minimum absolute atomic E-state index is 0.0670. The summed E-state index contributed by atoms with van der Waals surface area (Å²) in [6, 6.07) is 17.5. The first-order valence-corrected chi connectivity index (χ1v) is 7.69. The summed E-state index contributed by atoms with van der Waals surface area (Å²) in [6.45, 7) is 5.42. The Kier molecular flexibility index (Phi) is 5.40. The lowest BCUT2D eigenvalue weighted by molar-refractivity contribution is 0.0773. The average Bonchev–Trinajstić information content (AvgIpc) is 2.56. The van der Waals surface area contributed by atoms with E-state index in [1.807, 2.05) is 73.3 Å². The van der Waals surface area contributed by atoms with Gasteiger partial charge in [0.25, 0.3) is 5.91 Å². The van der Waals surface area contributed by atoms with Gasteiger partial charge < -0.3 is 4.90 Å². The fourth-order valence-electron chi connectivity index (χ4n) is 2.30. The van der Waals surface area contributed by atoms with E-state index in [1.54, 1.807) is 0 Å². The fraction of sp³-hybridized carbons (Fsp3) is 0.278. The third-order valence-corrected chi connectivity index (χ3v) is 4.10. The number of hydrogen-bond acceptors (Lipinski definition) is 1. The largest absolute Gasteiger partial charge is 0.339 e. The van der Waals surface area contributed by atoms with Gasteiger partial charge in [0.1, 0.15) is 0 Å². The van der Waals surface area contributed by atoms with Crippen molar-refractivity contribution in [3.05, 3.63) is 71.3 Å². The molecular formula is C18H20ClNO. The lowest BCUT2D eigenvalue weighted by atomic mass is 10.0. The first-order chi connectivity index (χ1) is 10.2. The number of rotatable bonds is 5.